The van der Waals surface area contributed by atoms with Gasteiger partial charge >= 0.3 is 0 Å². The van der Waals surface area contributed by atoms with E-state index in [9.17, 15) is 4.39 Å². The van der Waals surface area contributed by atoms with E-state index < -0.39 is 0 Å². The number of nitrogens with one attached hydrogen (secondary N) is 1. The number of hydrogen-bond acceptors (Lipinski definition) is 2. The molecule has 0 bridgehead atoms. The van der Waals surface area contributed by atoms with Gasteiger partial charge < -0.3 is 10.1 Å². The average Bonchev–Trinajstić information content (AvgIpc) is 2.46. The third-order valence-corrected chi connectivity index (χ3v) is 4.03. The van der Waals surface area contributed by atoms with Gasteiger partial charge in [-0.15, -0.1) is 0 Å². The predicted octanol–water partition coefficient (Wildman–Crippen LogP) is 4.95. The van der Waals surface area contributed by atoms with Gasteiger partial charge in [0.05, 0.1) is 13.2 Å². The van der Waals surface area contributed by atoms with E-state index in [4.69, 9.17) is 16.3 Å². The van der Waals surface area contributed by atoms with Gasteiger partial charge in [0.15, 0.2) is 11.6 Å². The number of benzene rings is 2. The van der Waals surface area contributed by atoms with Gasteiger partial charge in [0, 0.05) is 15.1 Å². The van der Waals surface area contributed by atoms with Crippen molar-refractivity contribution in [1.29, 1.82) is 0 Å². The van der Waals surface area contributed by atoms with Gasteiger partial charge in [-0.2, -0.15) is 0 Å². The van der Waals surface area contributed by atoms with Crippen molar-refractivity contribution in [3.8, 4) is 5.75 Å². The van der Waals surface area contributed by atoms with E-state index >= 15 is 0 Å². The molecule has 2 aromatic carbocycles. The maximum Gasteiger partial charge on any atom is 0.170 e. The molecule has 0 aliphatic rings. The minimum absolute atomic E-state index is 0.226. The Balaban J connectivity index is 2.53. The molecule has 0 saturated carbocycles. The molecule has 0 heterocycles. The fourth-order valence-electron chi connectivity index (χ4n) is 2.24. The second kappa shape index (κ2) is 7.25. The van der Waals surface area contributed by atoms with E-state index in [1.807, 2.05) is 19.1 Å². The first-order chi connectivity index (χ1) is 10.1. The van der Waals surface area contributed by atoms with Crippen LogP contribution < -0.4 is 10.1 Å². The highest BCUT2D eigenvalue weighted by molar-refractivity contribution is 9.10. The number of rotatable bonds is 5. The van der Waals surface area contributed by atoms with Crippen LogP contribution in [0.15, 0.2) is 40.9 Å². The Morgan fingerprint density at radius 3 is 2.67 bits per heavy atom. The Hall–Kier alpha value is -1.10. The van der Waals surface area contributed by atoms with Crippen molar-refractivity contribution in [1.82, 2.24) is 5.32 Å². The Bertz CT molecular complexity index is 636. The molecule has 2 nitrogen and oxygen atoms in total. The molecular weight excluding hydrogens is 357 g/mol. The monoisotopic (exact) mass is 371 g/mol. The van der Waals surface area contributed by atoms with Gasteiger partial charge in [-0.05, 0) is 30.3 Å². The minimum Gasteiger partial charge on any atom is -0.494 e. The van der Waals surface area contributed by atoms with Crippen LogP contribution in [0.25, 0.3) is 0 Å². The summed E-state index contributed by atoms with van der Waals surface area (Å²) in [4.78, 5) is 0. The van der Waals surface area contributed by atoms with Crippen molar-refractivity contribution in [2.45, 2.75) is 13.0 Å². The van der Waals surface area contributed by atoms with Gasteiger partial charge in [0.25, 0.3) is 0 Å². The van der Waals surface area contributed by atoms with Crippen molar-refractivity contribution < 1.29 is 9.13 Å². The van der Waals surface area contributed by atoms with Crippen LogP contribution in [0.2, 0.25) is 5.02 Å². The maximum absolute atomic E-state index is 14.5. The zero-order valence-electron chi connectivity index (χ0n) is 11.8. The lowest BCUT2D eigenvalue weighted by Crippen LogP contribution is -2.23. The first-order valence-corrected chi connectivity index (χ1v) is 7.76. The van der Waals surface area contributed by atoms with Crippen LogP contribution >= 0.6 is 27.5 Å². The molecule has 5 heteroatoms. The van der Waals surface area contributed by atoms with E-state index in [1.54, 1.807) is 24.3 Å². The lowest BCUT2D eigenvalue weighted by atomic mass is 9.97. The van der Waals surface area contributed by atoms with Crippen molar-refractivity contribution in [2.24, 2.45) is 0 Å². The second-order valence-corrected chi connectivity index (χ2v) is 5.84. The Labute approximate surface area is 137 Å². The van der Waals surface area contributed by atoms with Crippen LogP contribution in [0.5, 0.6) is 5.75 Å². The summed E-state index contributed by atoms with van der Waals surface area (Å²) in [6.07, 6.45) is 0. The highest BCUT2D eigenvalue weighted by Crippen LogP contribution is 2.34. The number of methoxy groups -OCH3 is 1. The highest BCUT2D eigenvalue weighted by atomic mass is 79.9. The molecule has 112 valence electrons. The molecule has 2 rings (SSSR count). The first-order valence-electron chi connectivity index (χ1n) is 6.59. The van der Waals surface area contributed by atoms with Crippen molar-refractivity contribution in [2.75, 3.05) is 13.7 Å². The summed E-state index contributed by atoms with van der Waals surface area (Å²) in [5.41, 5.74) is 1.34. The zero-order valence-corrected chi connectivity index (χ0v) is 14.1. The molecule has 0 aliphatic carbocycles. The summed E-state index contributed by atoms with van der Waals surface area (Å²) in [6.45, 7) is 2.66. The molecule has 0 fully saturated rings. The van der Waals surface area contributed by atoms with E-state index in [-0.39, 0.29) is 17.6 Å². The van der Waals surface area contributed by atoms with Gasteiger partial charge in [0.1, 0.15) is 0 Å². The van der Waals surface area contributed by atoms with E-state index in [2.05, 4.69) is 21.2 Å². The Kier molecular flexibility index (Phi) is 5.62. The molecule has 2 aromatic rings. The third kappa shape index (κ3) is 3.57. The third-order valence-electron chi connectivity index (χ3n) is 3.21. The summed E-state index contributed by atoms with van der Waals surface area (Å²) < 4.78 is 20.5. The molecule has 1 unspecified atom stereocenters. The number of halogens is 3. The lowest BCUT2D eigenvalue weighted by Gasteiger charge is -2.21. The summed E-state index contributed by atoms with van der Waals surface area (Å²) in [7, 11) is 1.46. The van der Waals surface area contributed by atoms with E-state index in [0.29, 0.717) is 17.1 Å². The summed E-state index contributed by atoms with van der Waals surface area (Å²) in [5.74, 6) is -0.145. The molecule has 21 heavy (non-hydrogen) atoms. The van der Waals surface area contributed by atoms with Gasteiger partial charge in [-0.1, -0.05) is 52.7 Å². The van der Waals surface area contributed by atoms with Crippen LogP contribution in [0.3, 0.4) is 0 Å². The van der Waals surface area contributed by atoms with Crippen LogP contribution in [-0.4, -0.2) is 13.7 Å². The van der Waals surface area contributed by atoms with Gasteiger partial charge in [0.2, 0.25) is 0 Å². The molecule has 0 radical (unpaired) electrons. The number of hydrogen-bond donors (Lipinski definition) is 1. The standard InChI is InChI=1S/C16H16BrClFNO/c1-3-20-16(11-8-7-10(17)9-13(11)18)12-5-4-6-14(21-2)15(12)19/h4-9,16,20H,3H2,1-2H3. The van der Waals surface area contributed by atoms with Crippen molar-refractivity contribution >= 4 is 27.5 Å². The SMILES string of the molecule is CCNC(c1ccc(Br)cc1Cl)c1cccc(OC)c1F. The fraction of sp³-hybridized carbons (Fsp3) is 0.250. The molecule has 0 spiro atoms. The highest BCUT2D eigenvalue weighted by Gasteiger charge is 2.21. The Morgan fingerprint density at radius 1 is 1.29 bits per heavy atom. The maximum atomic E-state index is 14.5. The topological polar surface area (TPSA) is 21.3 Å². The molecule has 1 atom stereocenters. The van der Waals surface area contributed by atoms with Crippen LogP contribution in [-0.2, 0) is 0 Å². The van der Waals surface area contributed by atoms with Crippen LogP contribution in [0.4, 0.5) is 4.39 Å². The lowest BCUT2D eigenvalue weighted by molar-refractivity contribution is 0.382. The summed E-state index contributed by atoms with van der Waals surface area (Å²) in [6, 6.07) is 10.4. The van der Waals surface area contributed by atoms with Crippen LogP contribution in [0, 0.1) is 5.82 Å². The van der Waals surface area contributed by atoms with Gasteiger partial charge in [-0.25, -0.2) is 4.39 Å². The normalized spacial score (nSPS) is 12.2. The molecule has 1 N–H and O–H groups in total. The zero-order chi connectivity index (χ0) is 15.4. The first kappa shape index (κ1) is 16.3. The molecule has 0 saturated heterocycles. The van der Waals surface area contributed by atoms with Crippen molar-refractivity contribution in [3.63, 3.8) is 0 Å². The average molecular weight is 373 g/mol. The largest absolute Gasteiger partial charge is 0.494 e. The fourth-order valence-corrected chi connectivity index (χ4v) is 3.02. The quantitative estimate of drug-likeness (QED) is 0.802. The Morgan fingerprint density at radius 2 is 2.05 bits per heavy atom. The predicted molar refractivity (Wildman–Crippen MR) is 87.6 cm³/mol. The minimum atomic E-state index is -0.370. The second-order valence-electron chi connectivity index (χ2n) is 4.52. The van der Waals surface area contributed by atoms with Crippen LogP contribution in [0.1, 0.15) is 24.1 Å². The molecule has 0 amide bonds. The van der Waals surface area contributed by atoms with E-state index in [0.717, 1.165) is 10.0 Å². The summed E-state index contributed by atoms with van der Waals surface area (Å²) in [5, 5.41) is 3.85. The van der Waals surface area contributed by atoms with E-state index in [1.165, 1.54) is 7.11 Å². The summed E-state index contributed by atoms with van der Waals surface area (Å²) >= 11 is 9.69. The molecule has 0 aliphatic heterocycles. The van der Waals surface area contributed by atoms with Gasteiger partial charge in [-0.3, -0.25) is 0 Å². The number of ether oxygens (including phenoxy) is 1. The molecular formula is C16H16BrClFNO. The smallest absolute Gasteiger partial charge is 0.170 e. The molecule has 0 aromatic heterocycles. The van der Waals surface area contributed by atoms with Crippen molar-refractivity contribution in [3.05, 3.63) is 62.8 Å².